The molecular weight excluding hydrogens is 325 g/mol. The van der Waals surface area contributed by atoms with E-state index in [2.05, 4.69) is 5.32 Å². The molecule has 6 heteroatoms. The van der Waals surface area contributed by atoms with Gasteiger partial charge >= 0.3 is 5.97 Å². The van der Waals surface area contributed by atoms with E-state index in [1.807, 2.05) is 0 Å². The number of carboxylic acid groups (broad SMARTS) is 1. The van der Waals surface area contributed by atoms with Gasteiger partial charge in [-0.2, -0.15) is 0 Å². The molecule has 0 saturated heterocycles. The molecule has 0 saturated carbocycles. The molecular formula is C19H20FNO4. The molecule has 1 atom stereocenters. The van der Waals surface area contributed by atoms with Gasteiger partial charge in [0.2, 0.25) is 0 Å². The van der Waals surface area contributed by atoms with Crippen molar-refractivity contribution in [3.63, 3.8) is 0 Å². The maximum atomic E-state index is 13.6. The molecule has 0 aliphatic rings. The van der Waals surface area contributed by atoms with Gasteiger partial charge in [-0.3, -0.25) is 9.59 Å². The fourth-order valence-corrected chi connectivity index (χ4v) is 2.23. The quantitative estimate of drug-likeness (QED) is 0.806. The zero-order valence-corrected chi connectivity index (χ0v) is 14.1. The highest BCUT2D eigenvalue weighted by atomic mass is 19.1. The van der Waals surface area contributed by atoms with Crippen LogP contribution in [0.1, 0.15) is 18.1 Å². The lowest BCUT2D eigenvalue weighted by Crippen LogP contribution is -2.20. The van der Waals surface area contributed by atoms with Gasteiger partial charge in [-0.25, -0.2) is 4.39 Å². The maximum absolute atomic E-state index is 13.6. The van der Waals surface area contributed by atoms with Crippen LogP contribution in [0.2, 0.25) is 0 Å². The van der Waals surface area contributed by atoms with E-state index < -0.39 is 23.6 Å². The SMILES string of the molecule is Cc1ccc(F)c(OCC(=O)Nc2ccc(CC(C)C(=O)O)cc2)c1. The molecule has 0 heterocycles. The largest absolute Gasteiger partial charge is 0.481 e. The molecule has 1 amide bonds. The molecule has 0 bridgehead atoms. The predicted octanol–water partition coefficient (Wildman–Crippen LogP) is 3.41. The van der Waals surface area contributed by atoms with Gasteiger partial charge in [0.15, 0.2) is 18.2 Å². The van der Waals surface area contributed by atoms with Gasteiger partial charge in [0, 0.05) is 5.69 Å². The highest BCUT2D eigenvalue weighted by molar-refractivity contribution is 5.91. The third-order valence-electron chi connectivity index (χ3n) is 3.65. The smallest absolute Gasteiger partial charge is 0.306 e. The minimum Gasteiger partial charge on any atom is -0.481 e. The van der Waals surface area contributed by atoms with Crippen molar-refractivity contribution >= 4 is 17.6 Å². The maximum Gasteiger partial charge on any atom is 0.306 e. The third kappa shape index (κ3) is 5.60. The number of carboxylic acids is 1. The van der Waals surface area contributed by atoms with Crippen molar-refractivity contribution in [2.45, 2.75) is 20.3 Å². The van der Waals surface area contributed by atoms with Gasteiger partial charge in [0.1, 0.15) is 0 Å². The first kappa shape index (κ1) is 18.4. The fraction of sp³-hybridized carbons (Fsp3) is 0.263. The van der Waals surface area contributed by atoms with Gasteiger partial charge in [-0.1, -0.05) is 25.1 Å². The van der Waals surface area contributed by atoms with E-state index in [9.17, 15) is 14.0 Å². The lowest BCUT2D eigenvalue weighted by Gasteiger charge is -2.10. The van der Waals surface area contributed by atoms with Gasteiger partial charge in [0.25, 0.3) is 5.91 Å². The van der Waals surface area contributed by atoms with E-state index in [0.717, 1.165) is 11.1 Å². The Morgan fingerprint density at radius 3 is 2.52 bits per heavy atom. The van der Waals surface area contributed by atoms with Crippen LogP contribution in [0.5, 0.6) is 5.75 Å². The van der Waals surface area contributed by atoms with Crippen LogP contribution < -0.4 is 10.1 Å². The van der Waals surface area contributed by atoms with Crippen LogP contribution in [0.3, 0.4) is 0 Å². The van der Waals surface area contributed by atoms with Crippen LogP contribution in [-0.4, -0.2) is 23.6 Å². The average Bonchev–Trinajstić information content (AvgIpc) is 2.57. The van der Waals surface area contributed by atoms with Crippen molar-refractivity contribution in [1.82, 2.24) is 0 Å². The first-order valence-corrected chi connectivity index (χ1v) is 7.85. The average molecular weight is 345 g/mol. The summed E-state index contributed by atoms with van der Waals surface area (Å²) in [5.74, 6) is -2.22. The Hall–Kier alpha value is -2.89. The Labute approximate surface area is 145 Å². The number of amides is 1. The monoisotopic (exact) mass is 345 g/mol. The van der Waals surface area contributed by atoms with Crippen LogP contribution in [0.25, 0.3) is 0 Å². The number of carbonyl (C=O) groups excluding carboxylic acids is 1. The highest BCUT2D eigenvalue weighted by Crippen LogP contribution is 2.18. The van der Waals surface area contributed by atoms with Crippen molar-refractivity contribution < 1.29 is 23.8 Å². The summed E-state index contributed by atoms with van der Waals surface area (Å²) in [6.07, 6.45) is 0.416. The summed E-state index contributed by atoms with van der Waals surface area (Å²) < 4.78 is 18.8. The van der Waals surface area contributed by atoms with E-state index >= 15 is 0 Å². The van der Waals surface area contributed by atoms with E-state index in [0.29, 0.717) is 12.1 Å². The standard InChI is InChI=1S/C19H20FNO4/c1-12-3-8-16(20)17(9-12)25-11-18(22)21-15-6-4-14(5-7-15)10-13(2)19(23)24/h3-9,13H,10-11H2,1-2H3,(H,21,22)(H,23,24). The van der Waals surface area contributed by atoms with Crippen LogP contribution in [0.15, 0.2) is 42.5 Å². The first-order chi connectivity index (χ1) is 11.8. The van der Waals surface area contributed by atoms with E-state index in [4.69, 9.17) is 9.84 Å². The summed E-state index contributed by atoms with van der Waals surface area (Å²) in [4.78, 5) is 22.8. The summed E-state index contributed by atoms with van der Waals surface area (Å²) in [7, 11) is 0. The number of hydrogen-bond acceptors (Lipinski definition) is 3. The molecule has 0 aliphatic heterocycles. The van der Waals surface area contributed by atoms with Gasteiger partial charge < -0.3 is 15.2 Å². The highest BCUT2D eigenvalue weighted by Gasteiger charge is 2.12. The van der Waals surface area contributed by atoms with E-state index in [1.165, 1.54) is 12.1 Å². The normalized spacial score (nSPS) is 11.6. The van der Waals surface area contributed by atoms with Crippen LogP contribution in [0.4, 0.5) is 10.1 Å². The Balaban J connectivity index is 1.88. The minimum atomic E-state index is -0.849. The van der Waals surface area contributed by atoms with Crippen LogP contribution >= 0.6 is 0 Å². The Morgan fingerprint density at radius 2 is 1.88 bits per heavy atom. The molecule has 2 aromatic rings. The molecule has 0 fully saturated rings. The second-order valence-corrected chi connectivity index (χ2v) is 5.91. The number of anilines is 1. The predicted molar refractivity (Wildman–Crippen MR) is 92.2 cm³/mol. The lowest BCUT2D eigenvalue weighted by atomic mass is 10.0. The van der Waals surface area contributed by atoms with Crippen molar-refractivity contribution in [3.8, 4) is 5.75 Å². The molecule has 2 rings (SSSR count). The molecule has 2 N–H and O–H groups in total. The Bertz CT molecular complexity index is 759. The zero-order valence-electron chi connectivity index (χ0n) is 14.1. The molecule has 0 aliphatic carbocycles. The van der Waals surface area contributed by atoms with Crippen LogP contribution in [-0.2, 0) is 16.0 Å². The molecule has 2 aromatic carbocycles. The number of halogens is 1. The van der Waals surface area contributed by atoms with Crippen molar-refractivity contribution in [2.24, 2.45) is 5.92 Å². The number of hydrogen-bond donors (Lipinski definition) is 2. The number of aliphatic carboxylic acids is 1. The van der Waals surface area contributed by atoms with E-state index in [-0.39, 0.29) is 12.4 Å². The molecule has 5 nitrogen and oxygen atoms in total. The minimum absolute atomic E-state index is 0.0353. The number of rotatable bonds is 7. The second-order valence-electron chi connectivity index (χ2n) is 5.91. The molecule has 0 radical (unpaired) electrons. The second kappa shape index (κ2) is 8.28. The molecule has 1 unspecified atom stereocenters. The van der Waals surface area contributed by atoms with Gasteiger partial charge in [0.05, 0.1) is 5.92 Å². The number of nitrogens with one attached hydrogen (secondary N) is 1. The van der Waals surface area contributed by atoms with Crippen molar-refractivity contribution in [2.75, 3.05) is 11.9 Å². The summed E-state index contributed by atoms with van der Waals surface area (Å²) in [5, 5.41) is 11.6. The number of aryl methyl sites for hydroxylation is 1. The molecule has 0 aromatic heterocycles. The number of carbonyl (C=O) groups is 2. The summed E-state index contributed by atoms with van der Waals surface area (Å²) >= 11 is 0. The Kier molecular flexibility index (Phi) is 6.11. The molecule has 25 heavy (non-hydrogen) atoms. The molecule has 132 valence electrons. The lowest BCUT2D eigenvalue weighted by molar-refractivity contribution is -0.141. The van der Waals surface area contributed by atoms with Gasteiger partial charge in [-0.15, -0.1) is 0 Å². The zero-order chi connectivity index (χ0) is 18.4. The fourth-order valence-electron chi connectivity index (χ4n) is 2.23. The summed E-state index contributed by atoms with van der Waals surface area (Å²) in [6, 6.07) is 11.3. The van der Waals surface area contributed by atoms with E-state index in [1.54, 1.807) is 44.2 Å². The Morgan fingerprint density at radius 1 is 1.20 bits per heavy atom. The van der Waals surface area contributed by atoms with Gasteiger partial charge in [-0.05, 0) is 48.7 Å². The topological polar surface area (TPSA) is 75.6 Å². The number of benzene rings is 2. The van der Waals surface area contributed by atoms with Crippen molar-refractivity contribution in [3.05, 3.63) is 59.4 Å². The summed E-state index contributed by atoms with van der Waals surface area (Å²) in [6.45, 7) is 3.14. The third-order valence-corrected chi connectivity index (χ3v) is 3.65. The van der Waals surface area contributed by atoms with Crippen molar-refractivity contribution in [1.29, 1.82) is 0 Å². The van der Waals surface area contributed by atoms with Crippen LogP contribution in [0, 0.1) is 18.7 Å². The summed E-state index contributed by atoms with van der Waals surface area (Å²) in [5.41, 5.74) is 2.26. The number of ether oxygens (including phenoxy) is 1. The first-order valence-electron chi connectivity index (χ1n) is 7.85. The molecule has 0 spiro atoms.